The molecule has 1 unspecified atom stereocenters. The van der Waals surface area contributed by atoms with Crippen molar-refractivity contribution in [1.29, 1.82) is 0 Å². The zero-order chi connectivity index (χ0) is 13.8. The smallest absolute Gasteiger partial charge is 0.312 e. The largest absolute Gasteiger partial charge is 0.345 e. The lowest BCUT2D eigenvalue weighted by atomic mass is 10.0. The molecule has 0 aliphatic carbocycles. The highest BCUT2D eigenvalue weighted by atomic mass is 16.2. The predicted octanol–water partition coefficient (Wildman–Crippen LogP) is 1.41. The first-order chi connectivity index (χ1) is 9.13. The van der Waals surface area contributed by atoms with E-state index in [0.717, 1.165) is 44.6 Å². The van der Waals surface area contributed by atoms with Crippen LogP contribution >= 0.6 is 0 Å². The molecule has 1 aliphatic rings. The maximum atomic E-state index is 12.3. The van der Waals surface area contributed by atoms with Gasteiger partial charge in [-0.3, -0.25) is 4.57 Å². The van der Waals surface area contributed by atoms with Crippen molar-refractivity contribution in [2.75, 3.05) is 6.54 Å². The molecule has 2 heterocycles. The van der Waals surface area contributed by atoms with Crippen LogP contribution in [0, 0.1) is 5.92 Å². The number of fused-ring (bicyclic) bond motifs is 1. The lowest BCUT2D eigenvalue weighted by Crippen LogP contribution is -2.41. The lowest BCUT2D eigenvalue weighted by molar-refractivity contribution is 0.337. The summed E-state index contributed by atoms with van der Waals surface area (Å²) < 4.78 is 3.51. The van der Waals surface area contributed by atoms with Gasteiger partial charge in [-0.25, -0.2) is 9.48 Å². The van der Waals surface area contributed by atoms with Crippen LogP contribution in [0.1, 0.15) is 45.9 Å². The first-order valence-corrected chi connectivity index (χ1v) is 7.53. The number of aryl methyl sites for hydroxylation is 1. The van der Waals surface area contributed by atoms with Gasteiger partial charge in [0.1, 0.15) is 5.82 Å². The van der Waals surface area contributed by atoms with Gasteiger partial charge in [0.15, 0.2) is 0 Å². The average Bonchev–Trinajstić information content (AvgIpc) is 2.71. The maximum absolute atomic E-state index is 12.3. The quantitative estimate of drug-likeness (QED) is 0.847. The molecule has 1 atom stereocenters. The van der Waals surface area contributed by atoms with Gasteiger partial charge in [-0.1, -0.05) is 20.8 Å². The van der Waals surface area contributed by atoms with Gasteiger partial charge in [0, 0.05) is 19.0 Å². The minimum atomic E-state index is 0.0682. The number of nitrogens with zero attached hydrogens (tertiary/aromatic N) is 3. The van der Waals surface area contributed by atoms with Crippen molar-refractivity contribution in [3.8, 4) is 0 Å². The van der Waals surface area contributed by atoms with Crippen LogP contribution in [0.5, 0.6) is 0 Å². The van der Waals surface area contributed by atoms with Crippen LogP contribution in [-0.4, -0.2) is 26.9 Å². The van der Waals surface area contributed by atoms with E-state index >= 15 is 0 Å². The monoisotopic (exact) mass is 266 g/mol. The zero-order valence-corrected chi connectivity index (χ0v) is 12.4. The maximum Gasteiger partial charge on any atom is 0.345 e. The molecule has 0 saturated carbocycles. The van der Waals surface area contributed by atoms with E-state index in [0.29, 0.717) is 18.5 Å². The predicted molar refractivity (Wildman–Crippen MR) is 76.3 cm³/mol. The Bertz CT molecular complexity index is 461. The molecule has 0 spiro atoms. The molecule has 0 saturated heterocycles. The summed E-state index contributed by atoms with van der Waals surface area (Å²) in [5.41, 5.74) is 0.0682. The highest BCUT2D eigenvalue weighted by Crippen LogP contribution is 2.10. The molecule has 1 aliphatic heterocycles. The minimum Gasteiger partial charge on any atom is -0.312 e. The Morgan fingerprint density at radius 3 is 2.79 bits per heavy atom. The second kappa shape index (κ2) is 6.37. The molecule has 0 bridgehead atoms. The third-order valence-corrected chi connectivity index (χ3v) is 3.86. The van der Waals surface area contributed by atoms with E-state index in [2.05, 4.69) is 31.2 Å². The van der Waals surface area contributed by atoms with Crippen molar-refractivity contribution in [3.63, 3.8) is 0 Å². The topological polar surface area (TPSA) is 51.9 Å². The Morgan fingerprint density at radius 2 is 2.16 bits per heavy atom. The van der Waals surface area contributed by atoms with Crippen LogP contribution in [0.4, 0.5) is 0 Å². The molecule has 1 N–H and O–H groups in total. The fourth-order valence-electron chi connectivity index (χ4n) is 2.59. The Morgan fingerprint density at radius 1 is 1.37 bits per heavy atom. The Balaban J connectivity index is 2.13. The van der Waals surface area contributed by atoms with Gasteiger partial charge in [0.05, 0.1) is 6.54 Å². The summed E-state index contributed by atoms with van der Waals surface area (Å²) >= 11 is 0. The summed E-state index contributed by atoms with van der Waals surface area (Å²) in [5, 5.41) is 8.02. The Labute approximate surface area is 115 Å². The van der Waals surface area contributed by atoms with Gasteiger partial charge in [0.2, 0.25) is 0 Å². The second-order valence-corrected chi connectivity index (χ2v) is 5.79. The van der Waals surface area contributed by atoms with Crippen LogP contribution in [-0.2, 0) is 19.5 Å². The zero-order valence-electron chi connectivity index (χ0n) is 12.4. The van der Waals surface area contributed by atoms with Crippen LogP contribution in [0.25, 0.3) is 0 Å². The van der Waals surface area contributed by atoms with E-state index in [9.17, 15) is 4.79 Å². The Kier molecular flexibility index (Phi) is 4.80. The average molecular weight is 266 g/mol. The summed E-state index contributed by atoms with van der Waals surface area (Å²) in [4.78, 5) is 12.3. The van der Waals surface area contributed by atoms with E-state index in [1.165, 1.54) is 0 Å². The molecule has 19 heavy (non-hydrogen) atoms. The molecule has 0 radical (unpaired) electrons. The number of nitrogens with one attached hydrogen (secondary N) is 1. The summed E-state index contributed by atoms with van der Waals surface area (Å²) in [6.45, 7) is 9.04. The van der Waals surface area contributed by atoms with Gasteiger partial charge >= 0.3 is 5.69 Å². The van der Waals surface area contributed by atoms with Gasteiger partial charge in [-0.15, -0.1) is 0 Å². The minimum absolute atomic E-state index is 0.0682. The summed E-state index contributed by atoms with van der Waals surface area (Å²) in [7, 11) is 0. The normalized spacial score (nSPS) is 16.6. The number of aromatic nitrogens is 3. The van der Waals surface area contributed by atoms with Crippen LogP contribution < -0.4 is 11.0 Å². The van der Waals surface area contributed by atoms with E-state index in [1.807, 2.05) is 4.57 Å². The summed E-state index contributed by atoms with van der Waals surface area (Å²) in [6.07, 6.45) is 4.30. The van der Waals surface area contributed by atoms with Crippen molar-refractivity contribution < 1.29 is 0 Å². The van der Waals surface area contributed by atoms with Crippen LogP contribution in [0.2, 0.25) is 0 Å². The van der Waals surface area contributed by atoms with Crippen molar-refractivity contribution >= 4 is 0 Å². The van der Waals surface area contributed by atoms with E-state index in [-0.39, 0.29) is 5.69 Å². The third-order valence-electron chi connectivity index (χ3n) is 3.86. The summed E-state index contributed by atoms with van der Waals surface area (Å²) in [6, 6.07) is 0.314. The van der Waals surface area contributed by atoms with E-state index < -0.39 is 0 Å². The molecule has 2 rings (SSSR count). The van der Waals surface area contributed by atoms with Crippen molar-refractivity contribution in [2.45, 2.75) is 65.6 Å². The third kappa shape index (κ3) is 3.26. The molecule has 5 heteroatoms. The number of hydrogen-bond donors (Lipinski definition) is 1. The van der Waals surface area contributed by atoms with Crippen molar-refractivity contribution in [2.24, 2.45) is 5.92 Å². The first-order valence-electron chi connectivity index (χ1n) is 7.53. The molecular formula is C14H26N4O. The molecule has 0 fully saturated rings. The van der Waals surface area contributed by atoms with E-state index in [1.54, 1.807) is 4.68 Å². The second-order valence-electron chi connectivity index (χ2n) is 5.79. The summed E-state index contributed by atoms with van der Waals surface area (Å²) in [5.74, 6) is 1.46. The number of hydrogen-bond acceptors (Lipinski definition) is 3. The molecule has 5 nitrogen and oxygen atoms in total. The van der Waals surface area contributed by atoms with Gasteiger partial charge in [-0.05, 0) is 31.7 Å². The fraction of sp³-hybridized carbons (Fsp3) is 0.857. The van der Waals surface area contributed by atoms with Crippen LogP contribution in [0.15, 0.2) is 4.79 Å². The van der Waals surface area contributed by atoms with Gasteiger partial charge in [0.25, 0.3) is 0 Å². The molecular weight excluding hydrogens is 240 g/mol. The molecule has 1 aromatic rings. The lowest BCUT2D eigenvalue weighted by Gasteiger charge is -2.21. The molecule has 108 valence electrons. The first kappa shape index (κ1) is 14.3. The van der Waals surface area contributed by atoms with Gasteiger partial charge in [-0.2, -0.15) is 5.10 Å². The van der Waals surface area contributed by atoms with Crippen molar-refractivity contribution in [1.82, 2.24) is 19.7 Å². The van der Waals surface area contributed by atoms with E-state index in [4.69, 9.17) is 0 Å². The molecule has 0 amide bonds. The standard InChI is InChI=1S/C14H26N4O/c1-4-8-15-12(11(2)3)10-18-14(19)17-9-6-5-7-13(17)16-18/h11-12,15H,4-10H2,1-3H3. The van der Waals surface area contributed by atoms with Gasteiger partial charge < -0.3 is 5.32 Å². The SMILES string of the molecule is CCCNC(Cn1nc2n(c1=O)CCCC2)C(C)C. The highest BCUT2D eigenvalue weighted by Gasteiger charge is 2.20. The fourth-order valence-corrected chi connectivity index (χ4v) is 2.59. The molecule has 0 aromatic carbocycles. The number of rotatable bonds is 6. The molecule has 1 aromatic heterocycles. The van der Waals surface area contributed by atoms with Crippen LogP contribution in [0.3, 0.4) is 0 Å². The highest BCUT2D eigenvalue weighted by molar-refractivity contribution is 4.92. The van der Waals surface area contributed by atoms with Crippen molar-refractivity contribution in [3.05, 3.63) is 16.3 Å². The Hall–Kier alpha value is -1.10.